The molecule has 74 valence electrons. The Morgan fingerprint density at radius 2 is 2.07 bits per heavy atom. The van der Waals surface area contributed by atoms with Crippen LogP contribution in [0.5, 0.6) is 5.75 Å². The molecular weight excluding hydrogens is 176 g/mol. The van der Waals surface area contributed by atoms with E-state index in [1.165, 1.54) is 0 Å². The summed E-state index contributed by atoms with van der Waals surface area (Å²) in [5.74, 6) is 1.30. The van der Waals surface area contributed by atoms with Gasteiger partial charge in [-0.25, -0.2) is 0 Å². The molecule has 0 aromatic heterocycles. The Morgan fingerprint density at radius 3 is 2.79 bits per heavy atom. The molecule has 0 saturated heterocycles. The van der Waals surface area contributed by atoms with Crippen molar-refractivity contribution in [3.05, 3.63) is 34.9 Å². The molecule has 0 aliphatic heterocycles. The lowest BCUT2D eigenvalue weighted by Crippen LogP contribution is -2.05. The standard InChI is InChI=1S/C12H14O2/c1-8-6-7-9-10(12(8)13)4-3-5-11(9)14-2/h3-5,13H,6-7H2,1-2H3. The first-order valence-electron chi connectivity index (χ1n) is 4.79. The van der Waals surface area contributed by atoms with Gasteiger partial charge in [0.05, 0.1) is 7.11 Å². The minimum atomic E-state index is 0.421. The van der Waals surface area contributed by atoms with Crippen LogP contribution in [0.2, 0.25) is 0 Å². The summed E-state index contributed by atoms with van der Waals surface area (Å²) in [6.07, 6.45) is 1.87. The lowest BCUT2D eigenvalue weighted by Gasteiger charge is -2.19. The van der Waals surface area contributed by atoms with Crippen LogP contribution in [0.25, 0.3) is 5.76 Å². The van der Waals surface area contributed by atoms with Crippen LogP contribution < -0.4 is 4.74 Å². The number of aliphatic hydroxyl groups is 1. The highest BCUT2D eigenvalue weighted by atomic mass is 16.5. The first-order valence-corrected chi connectivity index (χ1v) is 4.79. The lowest BCUT2D eigenvalue weighted by atomic mass is 9.91. The van der Waals surface area contributed by atoms with Crippen molar-refractivity contribution in [2.45, 2.75) is 19.8 Å². The second-order valence-electron chi connectivity index (χ2n) is 3.62. The molecule has 0 unspecified atom stereocenters. The quantitative estimate of drug-likeness (QED) is 0.737. The number of methoxy groups -OCH3 is 1. The molecule has 1 N–H and O–H groups in total. The van der Waals surface area contributed by atoms with Gasteiger partial charge in [-0.05, 0) is 31.4 Å². The Labute approximate surface area is 83.8 Å². The molecule has 0 amide bonds. The monoisotopic (exact) mass is 190 g/mol. The van der Waals surface area contributed by atoms with Crippen molar-refractivity contribution in [3.63, 3.8) is 0 Å². The van der Waals surface area contributed by atoms with Gasteiger partial charge in [-0.2, -0.15) is 0 Å². The Balaban J connectivity index is 2.60. The van der Waals surface area contributed by atoms with E-state index in [-0.39, 0.29) is 0 Å². The normalized spacial score (nSPS) is 15.3. The summed E-state index contributed by atoms with van der Waals surface area (Å²) >= 11 is 0. The Bertz CT molecular complexity index is 391. The van der Waals surface area contributed by atoms with Crippen LogP contribution in [0.15, 0.2) is 23.8 Å². The van der Waals surface area contributed by atoms with Crippen molar-refractivity contribution in [3.8, 4) is 5.75 Å². The number of ether oxygens (including phenoxy) is 1. The van der Waals surface area contributed by atoms with Crippen molar-refractivity contribution < 1.29 is 9.84 Å². The molecule has 0 fully saturated rings. The van der Waals surface area contributed by atoms with Crippen LogP contribution in [0, 0.1) is 0 Å². The Morgan fingerprint density at radius 1 is 1.29 bits per heavy atom. The van der Waals surface area contributed by atoms with E-state index in [9.17, 15) is 5.11 Å². The van der Waals surface area contributed by atoms with Gasteiger partial charge in [0.2, 0.25) is 0 Å². The molecule has 0 radical (unpaired) electrons. The predicted molar refractivity (Wildman–Crippen MR) is 56.5 cm³/mol. The number of fused-ring (bicyclic) bond motifs is 1. The van der Waals surface area contributed by atoms with Crippen LogP contribution in [0.4, 0.5) is 0 Å². The van der Waals surface area contributed by atoms with Gasteiger partial charge in [-0.1, -0.05) is 12.1 Å². The van der Waals surface area contributed by atoms with E-state index < -0.39 is 0 Å². The van der Waals surface area contributed by atoms with E-state index >= 15 is 0 Å². The Hall–Kier alpha value is -1.44. The van der Waals surface area contributed by atoms with Crippen molar-refractivity contribution in [2.75, 3.05) is 7.11 Å². The molecule has 0 spiro atoms. The van der Waals surface area contributed by atoms with Gasteiger partial charge in [0.25, 0.3) is 0 Å². The third kappa shape index (κ3) is 1.27. The van der Waals surface area contributed by atoms with Crippen molar-refractivity contribution in [2.24, 2.45) is 0 Å². The highest BCUT2D eigenvalue weighted by Gasteiger charge is 2.18. The van der Waals surface area contributed by atoms with Crippen LogP contribution in [-0.4, -0.2) is 12.2 Å². The van der Waals surface area contributed by atoms with Gasteiger partial charge in [0, 0.05) is 11.1 Å². The molecule has 1 aromatic carbocycles. The molecule has 1 aromatic rings. The molecule has 2 heteroatoms. The van der Waals surface area contributed by atoms with Gasteiger partial charge in [0.15, 0.2) is 0 Å². The largest absolute Gasteiger partial charge is 0.507 e. The maximum absolute atomic E-state index is 9.87. The van der Waals surface area contributed by atoms with E-state index in [0.717, 1.165) is 35.3 Å². The highest BCUT2D eigenvalue weighted by molar-refractivity contribution is 5.69. The second-order valence-corrected chi connectivity index (χ2v) is 3.62. The third-order valence-electron chi connectivity index (χ3n) is 2.76. The Kier molecular flexibility index (Phi) is 2.20. The maximum atomic E-state index is 9.87. The number of aliphatic hydroxyl groups excluding tert-OH is 1. The van der Waals surface area contributed by atoms with Crippen LogP contribution >= 0.6 is 0 Å². The zero-order chi connectivity index (χ0) is 10.1. The summed E-state index contributed by atoms with van der Waals surface area (Å²) in [4.78, 5) is 0. The molecule has 2 rings (SSSR count). The fourth-order valence-electron chi connectivity index (χ4n) is 1.90. The van der Waals surface area contributed by atoms with E-state index in [0.29, 0.717) is 5.76 Å². The van der Waals surface area contributed by atoms with Crippen molar-refractivity contribution in [1.82, 2.24) is 0 Å². The average Bonchev–Trinajstić information content (AvgIpc) is 2.23. The summed E-state index contributed by atoms with van der Waals surface area (Å²) in [6, 6.07) is 5.79. The van der Waals surface area contributed by atoms with Gasteiger partial charge < -0.3 is 9.84 Å². The zero-order valence-corrected chi connectivity index (χ0v) is 8.50. The van der Waals surface area contributed by atoms with Crippen LogP contribution in [-0.2, 0) is 6.42 Å². The molecule has 14 heavy (non-hydrogen) atoms. The topological polar surface area (TPSA) is 29.5 Å². The number of allylic oxidation sites excluding steroid dienone is 1. The first kappa shape index (κ1) is 9.13. The lowest BCUT2D eigenvalue weighted by molar-refractivity contribution is 0.407. The highest BCUT2D eigenvalue weighted by Crippen LogP contribution is 2.34. The first-order chi connectivity index (χ1) is 6.74. The molecular formula is C12H14O2. The summed E-state index contributed by atoms with van der Waals surface area (Å²) in [7, 11) is 1.66. The number of hydrogen-bond donors (Lipinski definition) is 1. The van der Waals surface area contributed by atoms with E-state index in [2.05, 4.69) is 0 Å². The zero-order valence-electron chi connectivity index (χ0n) is 8.50. The summed E-state index contributed by atoms with van der Waals surface area (Å²) < 4.78 is 5.26. The van der Waals surface area contributed by atoms with Crippen molar-refractivity contribution in [1.29, 1.82) is 0 Å². The van der Waals surface area contributed by atoms with Crippen molar-refractivity contribution >= 4 is 5.76 Å². The molecule has 0 bridgehead atoms. The minimum absolute atomic E-state index is 0.421. The molecule has 0 saturated carbocycles. The smallest absolute Gasteiger partial charge is 0.122 e. The van der Waals surface area contributed by atoms with Gasteiger partial charge in [-0.15, -0.1) is 0 Å². The molecule has 0 atom stereocenters. The molecule has 1 aliphatic carbocycles. The minimum Gasteiger partial charge on any atom is -0.507 e. The molecule has 0 heterocycles. The molecule has 2 nitrogen and oxygen atoms in total. The summed E-state index contributed by atoms with van der Waals surface area (Å²) in [6.45, 7) is 1.97. The van der Waals surface area contributed by atoms with E-state index in [4.69, 9.17) is 4.74 Å². The number of hydrogen-bond acceptors (Lipinski definition) is 2. The van der Waals surface area contributed by atoms with Gasteiger partial charge in [0.1, 0.15) is 11.5 Å². The third-order valence-corrected chi connectivity index (χ3v) is 2.76. The van der Waals surface area contributed by atoms with Crippen LogP contribution in [0.1, 0.15) is 24.5 Å². The summed E-state index contributed by atoms with van der Waals surface area (Å²) in [5, 5.41) is 9.87. The van der Waals surface area contributed by atoms with E-state index in [1.54, 1.807) is 7.11 Å². The van der Waals surface area contributed by atoms with Gasteiger partial charge >= 0.3 is 0 Å². The SMILES string of the molecule is COc1cccc2c1CCC(C)=C2O. The second kappa shape index (κ2) is 3.37. The number of rotatable bonds is 1. The van der Waals surface area contributed by atoms with Gasteiger partial charge in [-0.3, -0.25) is 0 Å². The summed E-state index contributed by atoms with van der Waals surface area (Å²) in [5.41, 5.74) is 3.11. The van der Waals surface area contributed by atoms with E-state index in [1.807, 2.05) is 25.1 Å². The average molecular weight is 190 g/mol. The fraction of sp³-hybridized carbons (Fsp3) is 0.333. The predicted octanol–water partition coefficient (Wildman–Crippen LogP) is 2.93. The maximum Gasteiger partial charge on any atom is 0.122 e. The fourth-order valence-corrected chi connectivity index (χ4v) is 1.90. The van der Waals surface area contributed by atoms with Crippen LogP contribution in [0.3, 0.4) is 0 Å². The molecule has 1 aliphatic rings. The number of benzene rings is 1.